The molecule has 4 rings (SSSR count). The molecular formula is C22H22N4OS. The lowest BCUT2D eigenvalue weighted by Gasteiger charge is -2.12. The number of benzene rings is 2. The highest BCUT2D eigenvalue weighted by atomic mass is 32.1. The second kappa shape index (κ2) is 8.34. The maximum atomic E-state index is 5.97. The van der Waals surface area contributed by atoms with Crippen molar-refractivity contribution in [2.75, 3.05) is 7.05 Å². The summed E-state index contributed by atoms with van der Waals surface area (Å²) in [5.74, 6) is 8.12. The maximum Gasteiger partial charge on any atom is 0.141 e. The summed E-state index contributed by atoms with van der Waals surface area (Å²) in [5.41, 5.74) is 8.32. The summed E-state index contributed by atoms with van der Waals surface area (Å²) in [4.78, 5) is 0. The smallest absolute Gasteiger partial charge is 0.141 e. The largest absolute Gasteiger partial charge is 0.489 e. The Hall–Kier alpha value is -3.01. The van der Waals surface area contributed by atoms with Crippen LogP contribution in [0.3, 0.4) is 0 Å². The lowest BCUT2D eigenvalue weighted by atomic mass is 9.95. The third kappa shape index (κ3) is 4.28. The second-order valence-corrected chi connectivity index (χ2v) is 7.56. The zero-order chi connectivity index (χ0) is 19.3. The molecule has 1 aliphatic rings. The first kappa shape index (κ1) is 18.4. The number of fused-ring (bicyclic) bond motifs is 1. The van der Waals surface area contributed by atoms with Gasteiger partial charge < -0.3 is 4.74 Å². The fraction of sp³-hybridized carbons (Fsp3) is 0.227. The van der Waals surface area contributed by atoms with Crippen molar-refractivity contribution >= 4 is 27.3 Å². The minimum absolute atomic E-state index is 0.0830. The van der Waals surface area contributed by atoms with Crippen molar-refractivity contribution in [3.63, 3.8) is 0 Å². The molecule has 0 spiro atoms. The molecule has 142 valence electrons. The number of rotatable bonds is 6. The molecule has 0 radical (unpaired) electrons. The first-order valence-corrected chi connectivity index (χ1v) is 10.0. The van der Waals surface area contributed by atoms with E-state index in [2.05, 4.69) is 69.7 Å². The number of nitrogens with one attached hydrogen (secondary N) is 2. The van der Waals surface area contributed by atoms with Crippen LogP contribution in [0.4, 0.5) is 0 Å². The van der Waals surface area contributed by atoms with Gasteiger partial charge in [-0.25, -0.2) is 5.12 Å². The third-order valence-electron chi connectivity index (χ3n) is 4.55. The number of hydrazine groups is 2. The van der Waals surface area contributed by atoms with E-state index < -0.39 is 0 Å². The summed E-state index contributed by atoms with van der Waals surface area (Å²) in [6.45, 7) is 2.42. The highest BCUT2D eigenvalue weighted by Crippen LogP contribution is 2.25. The average Bonchev–Trinajstić information content (AvgIpc) is 3.34. The van der Waals surface area contributed by atoms with Gasteiger partial charge in [-0.05, 0) is 59.1 Å². The topological polar surface area (TPSA) is 48.9 Å². The number of nitrogens with zero attached hydrogens (tertiary/aromatic N) is 2. The van der Waals surface area contributed by atoms with Crippen LogP contribution in [-0.4, -0.2) is 18.0 Å². The monoisotopic (exact) mass is 390 g/mol. The van der Waals surface area contributed by atoms with Crippen LogP contribution in [0.25, 0.3) is 10.1 Å². The van der Waals surface area contributed by atoms with Gasteiger partial charge in [0.15, 0.2) is 0 Å². The zero-order valence-electron chi connectivity index (χ0n) is 15.9. The van der Waals surface area contributed by atoms with Crippen molar-refractivity contribution in [1.82, 2.24) is 16.1 Å². The highest BCUT2D eigenvalue weighted by Gasteiger charge is 2.16. The molecule has 1 aliphatic heterocycles. The van der Waals surface area contributed by atoms with Gasteiger partial charge in [0.1, 0.15) is 18.2 Å². The van der Waals surface area contributed by atoms with Gasteiger partial charge in [-0.15, -0.1) is 27.9 Å². The van der Waals surface area contributed by atoms with Gasteiger partial charge in [-0.3, -0.25) is 5.43 Å². The maximum absolute atomic E-state index is 5.97. The van der Waals surface area contributed by atoms with Crippen molar-refractivity contribution in [3.8, 4) is 17.6 Å². The minimum Gasteiger partial charge on any atom is -0.489 e. The molecule has 28 heavy (non-hydrogen) atoms. The van der Waals surface area contributed by atoms with Gasteiger partial charge in [0.2, 0.25) is 0 Å². The Balaban J connectivity index is 1.41. The van der Waals surface area contributed by atoms with Gasteiger partial charge in [0, 0.05) is 18.2 Å². The van der Waals surface area contributed by atoms with Crippen molar-refractivity contribution in [3.05, 3.63) is 65.0 Å². The molecule has 1 aromatic heterocycles. The quantitative estimate of drug-likeness (QED) is 0.618. The lowest BCUT2D eigenvalue weighted by Crippen LogP contribution is -2.36. The number of amidine groups is 1. The van der Waals surface area contributed by atoms with Crippen molar-refractivity contribution in [1.29, 1.82) is 0 Å². The van der Waals surface area contributed by atoms with Crippen LogP contribution in [0.1, 0.15) is 30.4 Å². The van der Waals surface area contributed by atoms with Crippen LogP contribution < -0.4 is 15.7 Å². The van der Waals surface area contributed by atoms with Crippen LogP contribution in [0.5, 0.6) is 5.75 Å². The van der Waals surface area contributed by atoms with Crippen molar-refractivity contribution in [2.45, 2.75) is 25.9 Å². The number of hydrazone groups is 1. The Morgan fingerprint density at radius 2 is 2.04 bits per heavy atom. The lowest BCUT2D eigenvalue weighted by molar-refractivity contribution is 0.259. The molecule has 3 aromatic rings. The first-order chi connectivity index (χ1) is 13.7. The summed E-state index contributed by atoms with van der Waals surface area (Å²) < 4.78 is 7.28. The Kier molecular flexibility index (Phi) is 5.47. The number of ether oxygens (including phenoxy) is 1. The second-order valence-electron chi connectivity index (χ2n) is 6.61. The predicted octanol–water partition coefficient (Wildman–Crippen LogP) is 4.25. The van der Waals surface area contributed by atoms with E-state index in [1.54, 1.807) is 16.5 Å². The molecule has 0 aliphatic carbocycles. The summed E-state index contributed by atoms with van der Waals surface area (Å²) >= 11 is 1.76. The van der Waals surface area contributed by atoms with Crippen LogP contribution >= 0.6 is 11.3 Å². The van der Waals surface area contributed by atoms with E-state index in [0.29, 0.717) is 6.61 Å². The van der Waals surface area contributed by atoms with Gasteiger partial charge >= 0.3 is 0 Å². The van der Waals surface area contributed by atoms with E-state index in [1.165, 1.54) is 15.6 Å². The van der Waals surface area contributed by atoms with Gasteiger partial charge in [-0.1, -0.05) is 24.1 Å². The van der Waals surface area contributed by atoms with Gasteiger partial charge in [-0.2, -0.15) is 0 Å². The Morgan fingerprint density at radius 1 is 1.18 bits per heavy atom. The molecule has 2 heterocycles. The van der Waals surface area contributed by atoms with Crippen LogP contribution in [0.2, 0.25) is 0 Å². The SMILES string of the molecule is CC#C[C@@H](CC1=NN(C)NN1)c1ccc(OCc2ccc3sccc3c2)cc1. The molecule has 0 fully saturated rings. The van der Waals surface area contributed by atoms with Crippen LogP contribution in [-0.2, 0) is 6.61 Å². The van der Waals surface area contributed by atoms with Crippen LogP contribution in [0, 0.1) is 11.8 Å². The Bertz CT molecular complexity index is 1050. The molecule has 0 unspecified atom stereocenters. The molecule has 2 N–H and O–H groups in total. The fourth-order valence-electron chi connectivity index (χ4n) is 3.16. The van der Waals surface area contributed by atoms with E-state index in [9.17, 15) is 0 Å². The van der Waals surface area contributed by atoms with Crippen molar-refractivity contribution < 1.29 is 4.74 Å². The molecule has 6 heteroatoms. The molecule has 0 bridgehead atoms. The molecule has 0 amide bonds. The standard InChI is InChI=1S/C22H22N4OS/c1-3-4-18(14-22-23-25-26(2)24-22)17-6-8-20(9-7-17)27-15-16-5-10-21-19(13-16)11-12-28-21/h5-13,18,25H,14-15H2,1-2H3,(H,23,24)/t18-/m0/s1. The van der Waals surface area contributed by atoms with E-state index in [-0.39, 0.29) is 5.92 Å². The van der Waals surface area contributed by atoms with E-state index in [0.717, 1.165) is 23.6 Å². The number of thiophene rings is 1. The number of hydrogen-bond donors (Lipinski definition) is 2. The highest BCUT2D eigenvalue weighted by molar-refractivity contribution is 7.17. The molecule has 2 aromatic carbocycles. The summed E-state index contributed by atoms with van der Waals surface area (Å²) in [5, 5.41) is 9.40. The average molecular weight is 391 g/mol. The van der Waals surface area contributed by atoms with Gasteiger partial charge in [0.05, 0.1) is 5.92 Å². The normalized spacial score (nSPS) is 14.2. The van der Waals surface area contributed by atoms with Crippen LogP contribution in [0.15, 0.2) is 59.0 Å². The zero-order valence-corrected chi connectivity index (χ0v) is 16.7. The summed E-state index contributed by atoms with van der Waals surface area (Å²) in [6, 6.07) is 16.8. The Morgan fingerprint density at radius 3 is 2.79 bits per heavy atom. The molecule has 1 atom stereocenters. The Labute approximate surface area is 169 Å². The molecular weight excluding hydrogens is 368 g/mol. The third-order valence-corrected chi connectivity index (χ3v) is 5.45. The predicted molar refractivity (Wildman–Crippen MR) is 115 cm³/mol. The molecule has 5 nitrogen and oxygen atoms in total. The van der Waals surface area contributed by atoms with Crippen molar-refractivity contribution in [2.24, 2.45) is 5.10 Å². The fourth-order valence-corrected chi connectivity index (χ4v) is 3.93. The summed E-state index contributed by atoms with van der Waals surface area (Å²) in [6.07, 6.45) is 0.721. The molecule has 0 saturated carbocycles. The molecule has 0 saturated heterocycles. The van der Waals surface area contributed by atoms with Gasteiger partial charge in [0.25, 0.3) is 0 Å². The van der Waals surface area contributed by atoms with E-state index in [1.807, 2.05) is 26.1 Å². The summed E-state index contributed by atoms with van der Waals surface area (Å²) in [7, 11) is 1.85. The number of hydrogen-bond acceptors (Lipinski definition) is 6. The van der Waals surface area contributed by atoms with E-state index >= 15 is 0 Å². The first-order valence-electron chi connectivity index (χ1n) is 9.15. The van der Waals surface area contributed by atoms with E-state index in [4.69, 9.17) is 4.74 Å². The minimum atomic E-state index is 0.0830.